The van der Waals surface area contributed by atoms with E-state index >= 15 is 0 Å². The van der Waals surface area contributed by atoms with E-state index in [9.17, 15) is 20.2 Å². The van der Waals surface area contributed by atoms with Crippen LogP contribution in [0.15, 0.2) is 75.7 Å². The molecule has 8 heteroatoms. The van der Waals surface area contributed by atoms with E-state index in [0.29, 0.717) is 24.0 Å². The Morgan fingerprint density at radius 1 is 1.16 bits per heavy atom. The minimum absolute atomic E-state index is 0.0398. The molecule has 1 aliphatic heterocycles. The number of hydrogen-bond donors (Lipinski definition) is 1. The van der Waals surface area contributed by atoms with Crippen molar-refractivity contribution in [1.29, 1.82) is 5.26 Å². The van der Waals surface area contributed by atoms with Crippen molar-refractivity contribution in [1.82, 2.24) is 0 Å². The van der Waals surface area contributed by atoms with Gasteiger partial charge in [0.15, 0.2) is 5.78 Å². The Morgan fingerprint density at radius 2 is 1.78 bits per heavy atom. The molecule has 2 N–H and O–H groups in total. The van der Waals surface area contributed by atoms with Gasteiger partial charge in [-0.1, -0.05) is 41.9 Å². The zero-order chi connectivity index (χ0) is 23.2. The van der Waals surface area contributed by atoms with Crippen LogP contribution >= 0.6 is 15.9 Å². The van der Waals surface area contributed by atoms with Gasteiger partial charge in [0.25, 0.3) is 5.69 Å². The minimum atomic E-state index is -0.661. The number of Topliss-reactive ketones (excluding diaryl/α,β-unsaturated/α-hetero) is 1. The molecule has 2 aromatic carbocycles. The number of carbonyl (C=O) groups excluding carboxylic acids is 1. The number of ketones is 1. The van der Waals surface area contributed by atoms with Crippen LogP contribution < -0.4 is 10.6 Å². The van der Waals surface area contributed by atoms with Gasteiger partial charge in [-0.25, -0.2) is 0 Å². The molecule has 4 rings (SSSR count). The maximum atomic E-state index is 13.4. The number of nitro groups is 1. The number of nitrogens with two attached hydrogens (primary N) is 1. The van der Waals surface area contributed by atoms with Gasteiger partial charge >= 0.3 is 0 Å². The second-order valence-electron chi connectivity index (χ2n) is 8.81. The van der Waals surface area contributed by atoms with E-state index in [4.69, 9.17) is 5.73 Å². The van der Waals surface area contributed by atoms with E-state index in [1.807, 2.05) is 38.1 Å². The van der Waals surface area contributed by atoms with E-state index in [1.54, 1.807) is 17.0 Å². The summed E-state index contributed by atoms with van der Waals surface area (Å²) in [7, 11) is 0. The van der Waals surface area contributed by atoms with E-state index in [2.05, 4.69) is 22.0 Å². The standard InChI is InChI=1S/C24H21BrN4O3/c1-24(2)11-19-22(20(30)12-24)21(14-3-7-17(8-4-14)29(31)32)18(13-26)23(27)28(19)16-9-5-15(25)6-10-16/h3-10,21H,11-12,27H2,1-2H3. The lowest BCUT2D eigenvalue weighted by Gasteiger charge is -2.43. The molecule has 32 heavy (non-hydrogen) atoms. The lowest BCUT2D eigenvalue weighted by Crippen LogP contribution is -2.42. The molecule has 7 nitrogen and oxygen atoms in total. The van der Waals surface area contributed by atoms with Gasteiger partial charge < -0.3 is 5.73 Å². The number of rotatable bonds is 3. The Labute approximate surface area is 194 Å². The monoisotopic (exact) mass is 492 g/mol. The summed E-state index contributed by atoms with van der Waals surface area (Å²) >= 11 is 3.43. The highest BCUT2D eigenvalue weighted by Gasteiger charge is 2.44. The molecule has 1 aliphatic carbocycles. The zero-order valence-corrected chi connectivity index (χ0v) is 19.2. The molecule has 0 amide bonds. The van der Waals surface area contributed by atoms with Gasteiger partial charge in [0.05, 0.1) is 22.5 Å². The highest BCUT2D eigenvalue weighted by Crippen LogP contribution is 2.50. The topological polar surface area (TPSA) is 113 Å². The molecule has 0 spiro atoms. The molecule has 0 saturated heterocycles. The van der Waals surface area contributed by atoms with Gasteiger partial charge in [-0.3, -0.25) is 19.8 Å². The molecule has 2 aliphatic rings. The first kappa shape index (κ1) is 21.8. The molecule has 0 bridgehead atoms. The average molecular weight is 493 g/mol. The van der Waals surface area contributed by atoms with E-state index in [1.165, 1.54) is 12.1 Å². The number of hydrogen-bond acceptors (Lipinski definition) is 6. The predicted molar refractivity (Wildman–Crippen MR) is 124 cm³/mol. The van der Waals surface area contributed by atoms with E-state index in [0.717, 1.165) is 15.9 Å². The van der Waals surface area contributed by atoms with Crippen LogP contribution in [0.2, 0.25) is 0 Å². The number of non-ortho nitro benzene ring substituents is 1. The van der Waals surface area contributed by atoms with Gasteiger partial charge in [-0.2, -0.15) is 5.26 Å². The normalized spacial score (nSPS) is 20.1. The lowest BCUT2D eigenvalue weighted by atomic mass is 9.68. The van der Waals surface area contributed by atoms with Crippen LogP contribution in [0.1, 0.15) is 38.2 Å². The number of anilines is 1. The van der Waals surface area contributed by atoms with Crippen LogP contribution in [0.4, 0.5) is 11.4 Å². The number of allylic oxidation sites excluding steroid dienone is 3. The minimum Gasteiger partial charge on any atom is -0.384 e. The summed E-state index contributed by atoms with van der Waals surface area (Å²) in [6, 6.07) is 15.7. The van der Waals surface area contributed by atoms with Crippen molar-refractivity contribution in [3.05, 3.63) is 91.3 Å². The number of halogens is 1. The second-order valence-corrected chi connectivity index (χ2v) is 9.72. The van der Waals surface area contributed by atoms with E-state index < -0.39 is 10.8 Å². The molecule has 0 fully saturated rings. The van der Waals surface area contributed by atoms with Crippen LogP contribution in [-0.2, 0) is 4.79 Å². The molecule has 162 valence electrons. The van der Waals surface area contributed by atoms with Crippen LogP contribution in [0.5, 0.6) is 0 Å². The first-order chi connectivity index (χ1) is 15.1. The van der Waals surface area contributed by atoms with Crippen LogP contribution in [0.3, 0.4) is 0 Å². The largest absolute Gasteiger partial charge is 0.384 e. The third-order valence-corrected chi connectivity index (χ3v) is 6.43. The predicted octanol–water partition coefficient (Wildman–Crippen LogP) is 5.30. The highest BCUT2D eigenvalue weighted by atomic mass is 79.9. The van der Waals surface area contributed by atoms with Gasteiger partial charge in [-0.15, -0.1) is 0 Å². The Balaban J connectivity index is 1.96. The average Bonchev–Trinajstić information content (AvgIpc) is 2.73. The Hall–Kier alpha value is -3.44. The van der Waals surface area contributed by atoms with Crippen molar-refractivity contribution in [2.45, 2.75) is 32.6 Å². The highest BCUT2D eigenvalue weighted by molar-refractivity contribution is 9.10. The van der Waals surface area contributed by atoms with Gasteiger partial charge in [0.2, 0.25) is 0 Å². The number of nitriles is 1. The molecule has 1 heterocycles. The summed E-state index contributed by atoms with van der Waals surface area (Å²) in [6.45, 7) is 4.07. The second kappa shape index (κ2) is 7.92. The Kier molecular flexibility index (Phi) is 5.39. The quantitative estimate of drug-likeness (QED) is 0.459. The van der Waals surface area contributed by atoms with Crippen molar-refractivity contribution in [2.75, 3.05) is 4.90 Å². The molecule has 0 aromatic heterocycles. The van der Waals surface area contributed by atoms with Gasteiger partial charge in [-0.05, 0) is 41.7 Å². The molecule has 0 radical (unpaired) electrons. The third kappa shape index (κ3) is 3.69. The molecule has 1 unspecified atom stereocenters. The molecular formula is C24H21BrN4O3. The lowest BCUT2D eigenvalue weighted by molar-refractivity contribution is -0.384. The fourth-order valence-electron chi connectivity index (χ4n) is 4.52. The molecule has 2 aromatic rings. The van der Waals surface area contributed by atoms with Crippen molar-refractivity contribution in [3.8, 4) is 6.07 Å². The number of nitrogens with zero attached hydrogens (tertiary/aromatic N) is 3. The first-order valence-corrected chi connectivity index (χ1v) is 10.9. The van der Waals surface area contributed by atoms with Crippen LogP contribution in [-0.4, -0.2) is 10.7 Å². The molecule has 0 saturated carbocycles. The summed E-state index contributed by atoms with van der Waals surface area (Å²) in [5.41, 5.74) is 9.20. The fraction of sp³-hybridized carbons (Fsp3) is 0.250. The van der Waals surface area contributed by atoms with Gasteiger partial charge in [0, 0.05) is 40.0 Å². The first-order valence-electron chi connectivity index (χ1n) is 10.1. The fourth-order valence-corrected chi connectivity index (χ4v) is 4.78. The van der Waals surface area contributed by atoms with Crippen molar-refractivity contribution >= 4 is 33.1 Å². The summed E-state index contributed by atoms with van der Waals surface area (Å²) in [6.07, 6.45) is 0.954. The number of nitro benzene ring substituents is 1. The van der Waals surface area contributed by atoms with Crippen LogP contribution in [0.25, 0.3) is 0 Å². The maximum absolute atomic E-state index is 13.4. The number of benzene rings is 2. The van der Waals surface area contributed by atoms with Crippen molar-refractivity contribution < 1.29 is 9.72 Å². The SMILES string of the molecule is CC1(C)CC(=O)C2=C(C1)N(c1ccc(Br)cc1)C(N)=C(C#N)C2c1ccc([N+](=O)[O-])cc1. The summed E-state index contributed by atoms with van der Waals surface area (Å²) < 4.78 is 0.902. The Morgan fingerprint density at radius 3 is 2.34 bits per heavy atom. The summed E-state index contributed by atoms with van der Waals surface area (Å²) in [4.78, 5) is 25.8. The van der Waals surface area contributed by atoms with Crippen molar-refractivity contribution in [3.63, 3.8) is 0 Å². The van der Waals surface area contributed by atoms with Gasteiger partial charge in [0.1, 0.15) is 5.82 Å². The third-order valence-electron chi connectivity index (χ3n) is 5.90. The summed E-state index contributed by atoms with van der Waals surface area (Å²) in [5, 5.41) is 21.1. The Bertz CT molecular complexity index is 1220. The maximum Gasteiger partial charge on any atom is 0.269 e. The molecular weight excluding hydrogens is 472 g/mol. The molecule has 1 atom stereocenters. The van der Waals surface area contributed by atoms with Crippen molar-refractivity contribution in [2.24, 2.45) is 11.1 Å². The summed E-state index contributed by atoms with van der Waals surface area (Å²) in [5.74, 6) is -0.435. The smallest absolute Gasteiger partial charge is 0.269 e. The number of carbonyl (C=O) groups is 1. The zero-order valence-electron chi connectivity index (χ0n) is 17.6. The van der Waals surface area contributed by atoms with Crippen LogP contribution in [0, 0.1) is 26.9 Å². The van der Waals surface area contributed by atoms with E-state index in [-0.39, 0.29) is 28.3 Å².